The number of carbonyl (C=O) groups is 2. The molecular formula is C11H12ClNO2. The molecule has 15 heavy (non-hydrogen) atoms. The molecular weight excluding hydrogens is 214 g/mol. The van der Waals surface area contributed by atoms with Crippen molar-refractivity contribution in [3.05, 3.63) is 30.3 Å². The zero-order valence-electron chi connectivity index (χ0n) is 8.37. The molecule has 0 spiro atoms. The summed E-state index contributed by atoms with van der Waals surface area (Å²) in [7, 11) is 0. The van der Waals surface area contributed by atoms with Crippen molar-refractivity contribution in [2.24, 2.45) is 0 Å². The van der Waals surface area contributed by atoms with Crippen LogP contribution in [0.25, 0.3) is 0 Å². The number of nitrogens with one attached hydrogen (secondary N) is 1. The van der Waals surface area contributed by atoms with Crippen LogP contribution in [0.15, 0.2) is 30.3 Å². The minimum absolute atomic E-state index is 0.181. The number of hydrogen-bond donors (Lipinski definition) is 1. The zero-order chi connectivity index (χ0) is 11.3. The molecule has 0 fully saturated rings. The Labute approximate surface area is 93.4 Å². The van der Waals surface area contributed by atoms with Crippen LogP contribution in [0.2, 0.25) is 0 Å². The zero-order valence-corrected chi connectivity index (χ0v) is 9.12. The maximum atomic E-state index is 11.3. The topological polar surface area (TPSA) is 46.2 Å². The molecule has 0 radical (unpaired) electrons. The third kappa shape index (κ3) is 4.13. The van der Waals surface area contributed by atoms with Crippen LogP contribution in [0.1, 0.15) is 13.3 Å². The summed E-state index contributed by atoms with van der Waals surface area (Å²) in [6, 6.07) is 8.98. The molecule has 0 aliphatic carbocycles. The highest BCUT2D eigenvalue weighted by molar-refractivity contribution is 6.32. The number of anilines is 1. The van der Waals surface area contributed by atoms with Gasteiger partial charge in [-0.3, -0.25) is 9.59 Å². The van der Waals surface area contributed by atoms with Gasteiger partial charge in [-0.25, -0.2) is 0 Å². The second-order valence-electron chi connectivity index (χ2n) is 3.17. The van der Waals surface area contributed by atoms with Crippen molar-refractivity contribution in [1.82, 2.24) is 0 Å². The van der Waals surface area contributed by atoms with Crippen LogP contribution in [0.5, 0.6) is 0 Å². The number of hydrogen-bond acceptors (Lipinski definition) is 2. The van der Waals surface area contributed by atoms with Gasteiger partial charge in [-0.05, 0) is 19.1 Å². The lowest BCUT2D eigenvalue weighted by Gasteiger charge is -2.04. The van der Waals surface area contributed by atoms with Crippen LogP contribution < -0.4 is 5.32 Å². The number of halogens is 1. The molecule has 1 aromatic rings. The third-order valence-electron chi connectivity index (χ3n) is 1.84. The first-order valence-electron chi connectivity index (χ1n) is 4.61. The molecule has 1 amide bonds. The number of ketones is 1. The van der Waals surface area contributed by atoms with Crippen molar-refractivity contribution in [3.63, 3.8) is 0 Å². The van der Waals surface area contributed by atoms with Gasteiger partial charge in [-0.1, -0.05) is 18.2 Å². The van der Waals surface area contributed by atoms with Gasteiger partial charge in [0.15, 0.2) is 5.78 Å². The first-order chi connectivity index (χ1) is 7.09. The number of Topliss-reactive ketones (excluding diaryl/α,β-unsaturated/α-hetero) is 1. The van der Waals surface area contributed by atoms with Gasteiger partial charge in [-0.15, -0.1) is 11.6 Å². The van der Waals surface area contributed by atoms with Crippen molar-refractivity contribution < 1.29 is 9.59 Å². The molecule has 3 nitrogen and oxygen atoms in total. The van der Waals surface area contributed by atoms with Crippen LogP contribution >= 0.6 is 11.6 Å². The van der Waals surface area contributed by atoms with Gasteiger partial charge in [0.25, 0.3) is 0 Å². The normalized spacial score (nSPS) is 11.9. The molecule has 1 aromatic carbocycles. The van der Waals surface area contributed by atoms with Gasteiger partial charge in [-0.2, -0.15) is 0 Å². The smallest absolute Gasteiger partial charge is 0.231 e. The summed E-state index contributed by atoms with van der Waals surface area (Å²) in [5.41, 5.74) is 0.678. The molecule has 0 aliphatic rings. The van der Waals surface area contributed by atoms with Gasteiger partial charge < -0.3 is 5.32 Å². The predicted octanol–water partition coefficient (Wildman–Crippen LogP) is 2.21. The lowest BCUT2D eigenvalue weighted by molar-refractivity contribution is -0.125. The molecule has 0 saturated carbocycles. The summed E-state index contributed by atoms with van der Waals surface area (Å²) >= 11 is 5.55. The molecule has 4 heteroatoms. The summed E-state index contributed by atoms with van der Waals surface area (Å²) in [5.74, 6) is -0.608. The Balaban J connectivity index is 2.47. The molecule has 1 atom stereocenters. The first kappa shape index (κ1) is 11.7. The molecule has 1 N–H and O–H groups in total. The average molecular weight is 226 g/mol. The largest absolute Gasteiger partial charge is 0.326 e. The quantitative estimate of drug-likeness (QED) is 0.631. The summed E-state index contributed by atoms with van der Waals surface area (Å²) in [6.45, 7) is 1.56. The van der Waals surface area contributed by atoms with Crippen LogP contribution in [-0.4, -0.2) is 17.1 Å². The SMILES string of the molecule is CC(Cl)C(=O)CC(=O)Nc1ccccc1. The Hall–Kier alpha value is -1.35. The van der Waals surface area contributed by atoms with E-state index in [0.717, 1.165) is 0 Å². The second kappa shape index (κ2) is 5.51. The Morgan fingerprint density at radius 1 is 1.33 bits per heavy atom. The number of amides is 1. The van der Waals surface area contributed by atoms with E-state index >= 15 is 0 Å². The standard InChI is InChI=1S/C11H12ClNO2/c1-8(12)10(14)7-11(15)13-9-5-3-2-4-6-9/h2-6,8H,7H2,1H3,(H,13,15). The van der Waals surface area contributed by atoms with Crippen molar-refractivity contribution in [2.75, 3.05) is 5.32 Å². The van der Waals surface area contributed by atoms with Crippen molar-refractivity contribution >= 4 is 29.0 Å². The molecule has 1 unspecified atom stereocenters. The number of benzene rings is 1. The third-order valence-corrected chi connectivity index (χ3v) is 2.08. The lowest BCUT2D eigenvalue weighted by Crippen LogP contribution is -2.20. The van der Waals surface area contributed by atoms with E-state index in [9.17, 15) is 9.59 Å². The van der Waals surface area contributed by atoms with Crippen LogP contribution in [0.3, 0.4) is 0 Å². The highest BCUT2D eigenvalue weighted by atomic mass is 35.5. The number of alkyl halides is 1. The Bertz CT molecular complexity index is 349. The Morgan fingerprint density at radius 3 is 2.47 bits per heavy atom. The lowest BCUT2D eigenvalue weighted by atomic mass is 10.2. The van der Waals surface area contributed by atoms with Gasteiger partial charge >= 0.3 is 0 Å². The van der Waals surface area contributed by atoms with Crippen molar-refractivity contribution in [1.29, 1.82) is 0 Å². The fourth-order valence-electron chi connectivity index (χ4n) is 1.03. The number of carbonyl (C=O) groups excluding carboxylic acids is 2. The first-order valence-corrected chi connectivity index (χ1v) is 5.05. The second-order valence-corrected chi connectivity index (χ2v) is 3.83. The summed E-state index contributed by atoms with van der Waals surface area (Å²) in [4.78, 5) is 22.5. The van der Waals surface area contributed by atoms with Gasteiger partial charge in [0, 0.05) is 5.69 Å². The van der Waals surface area contributed by atoms with Crippen molar-refractivity contribution in [3.8, 4) is 0 Å². The Kier molecular flexibility index (Phi) is 4.31. The highest BCUT2D eigenvalue weighted by Crippen LogP contribution is 2.06. The molecule has 0 aliphatic heterocycles. The fourth-order valence-corrected chi connectivity index (χ4v) is 1.10. The average Bonchev–Trinajstić information content (AvgIpc) is 2.18. The van der Waals surface area contributed by atoms with E-state index in [1.807, 2.05) is 18.2 Å². The van der Waals surface area contributed by atoms with Crippen LogP contribution in [0, 0.1) is 0 Å². The minimum Gasteiger partial charge on any atom is -0.326 e. The van der Waals surface area contributed by atoms with E-state index in [2.05, 4.69) is 5.32 Å². The maximum absolute atomic E-state index is 11.3. The summed E-state index contributed by atoms with van der Waals surface area (Å²) in [5, 5.41) is 1.99. The van der Waals surface area contributed by atoms with Gasteiger partial charge in [0.05, 0.1) is 11.8 Å². The van der Waals surface area contributed by atoms with E-state index in [4.69, 9.17) is 11.6 Å². The van der Waals surface area contributed by atoms with E-state index in [1.54, 1.807) is 19.1 Å². The predicted molar refractivity (Wildman–Crippen MR) is 60.0 cm³/mol. The van der Waals surface area contributed by atoms with E-state index in [1.165, 1.54) is 0 Å². The molecule has 1 rings (SSSR count). The number of para-hydroxylation sites is 1. The molecule has 0 saturated heterocycles. The van der Waals surface area contributed by atoms with Crippen LogP contribution in [-0.2, 0) is 9.59 Å². The highest BCUT2D eigenvalue weighted by Gasteiger charge is 2.14. The summed E-state index contributed by atoms with van der Waals surface area (Å²) < 4.78 is 0. The monoisotopic (exact) mass is 225 g/mol. The molecule has 0 aromatic heterocycles. The van der Waals surface area contributed by atoms with E-state index in [0.29, 0.717) is 5.69 Å². The maximum Gasteiger partial charge on any atom is 0.231 e. The fraction of sp³-hybridized carbons (Fsp3) is 0.273. The molecule has 0 heterocycles. The minimum atomic E-state index is -0.619. The van der Waals surface area contributed by atoms with Crippen molar-refractivity contribution in [2.45, 2.75) is 18.7 Å². The van der Waals surface area contributed by atoms with Gasteiger partial charge in [0.2, 0.25) is 5.91 Å². The van der Waals surface area contributed by atoms with Crippen LogP contribution in [0.4, 0.5) is 5.69 Å². The van der Waals surface area contributed by atoms with E-state index in [-0.39, 0.29) is 18.1 Å². The Morgan fingerprint density at radius 2 is 1.93 bits per heavy atom. The van der Waals surface area contributed by atoms with Gasteiger partial charge in [0.1, 0.15) is 0 Å². The molecule has 0 bridgehead atoms. The molecule has 80 valence electrons. The number of rotatable bonds is 4. The summed E-state index contributed by atoms with van der Waals surface area (Å²) in [6.07, 6.45) is -0.181. The van der Waals surface area contributed by atoms with E-state index < -0.39 is 5.38 Å².